The van der Waals surface area contributed by atoms with Gasteiger partial charge in [0.25, 0.3) is 0 Å². The monoisotopic (exact) mass is 681 g/mol. The summed E-state index contributed by atoms with van der Waals surface area (Å²) in [6.45, 7) is 0. The number of hydrogen-bond donors (Lipinski definition) is 0. The molecule has 0 aliphatic carbocycles. The SMILES string of the molecule is c1ccc(-c2nc(-c3cccc4c(-c5cccc6c5sc5c7ccccc7ccc65)cccc34)nc(-c3cccc4oc5ccccc5c34)n2)cc1. The van der Waals surface area contributed by atoms with Crippen LogP contribution in [0.5, 0.6) is 0 Å². The zero-order chi connectivity index (χ0) is 34.2. The normalized spacial score (nSPS) is 11.8. The maximum atomic E-state index is 6.26. The van der Waals surface area contributed by atoms with E-state index in [4.69, 9.17) is 19.4 Å². The van der Waals surface area contributed by atoms with Crippen molar-refractivity contribution in [3.63, 3.8) is 0 Å². The van der Waals surface area contributed by atoms with E-state index in [1.54, 1.807) is 0 Å². The number of hydrogen-bond acceptors (Lipinski definition) is 5. The summed E-state index contributed by atoms with van der Waals surface area (Å²) in [5.74, 6) is 1.86. The molecule has 11 rings (SSSR count). The standard InChI is InChI=1S/C47H27N3OS/c1-2-13-29(14-3-1)45-48-46(50-47(49-45)39-23-11-25-41-42(39)38-16-6-7-24-40(38)51-41)37-22-9-17-31-32(18-8-19-33(31)37)34-20-10-21-35-36-27-26-28-12-4-5-15-30(28)43(36)52-44(34)35/h1-27H. The summed E-state index contributed by atoms with van der Waals surface area (Å²) in [4.78, 5) is 15.5. The number of benzene rings is 8. The van der Waals surface area contributed by atoms with E-state index in [-0.39, 0.29) is 0 Å². The molecule has 0 spiro atoms. The Bertz CT molecular complexity index is 3200. The molecule has 0 amide bonds. The minimum absolute atomic E-state index is 0.608. The Labute approximate surface area is 302 Å². The first-order valence-electron chi connectivity index (χ1n) is 17.4. The fraction of sp³-hybridized carbons (Fsp3) is 0. The third-order valence-corrected chi connectivity index (χ3v) is 11.4. The van der Waals surface area contributed by atoms with Crippen molar-refractivity contribution in [1.82, 2.24) is 15.0 Å². The van der Waals surface area contributed by atoms with E-state index in [1.165, 1.54) is 42.1 Å². The molecule has 0 fully saturated rings. The molecule has 0 saturated carbocycles. The van der Waals surface area contributed by atoms with Gasteiger partial charge in [-0.1, -0.05) is 152 Å². The van der Waals surface area contributed by atoms with Gasteiger partial charge in [0, 0.05) is 53.2 Å². The lowest BCUT2D eigenvalue weighted by atomic mass is 9.94. The second-order valence-electron chi connectivity index (χ2n) is 13.1. The van der Waals surface area contributed by atoms with E-state index < -0.39 is 0 Å². The molecular formula is C47H27N3OS. The summed E-state index contributed by atoms with van der Waals surface area (Å²) in [6, 6.07) is 57.3. The van der Waals surface area contributed by atoms with Gasteiger partial charge in [-0.25, -0.2) is 15.0 Å². The zero-order valence-corrected chi connectivity index (χ0v) is 28.6. The van der Waals surface area contributed by atoms with E-state index in [0.717, 1.165) is 49.4 Å². The van der Waals surface area contributed by atoms with Crippen molar-refractivity contribution in [3.05, 3.63) is 164 Å². The molecule has 242 valence electrons. The number of rotatable bonds is 4. The molecule has 4 nitrogen and oxygen atoms in total. The number of fused-ring (bicyclic) bond motifs is 9. The molecular weight excluding hydrogens is 655 g/mol. The third-order valence-electron chi connectivity index (χ3n) is 10.2. The van der Waals surface area contributed by atoms with Gasteiger partial charge in [0.2, 0.25) is 0 Å². The minimum atomic E-state index is 0.608. The van der Waals surface area contributed by atoms with Crippen LogP contribution in [0.4, 0.5) is 0 Å². The van der Waals surface area contributed by atoms with E-state index in [2.05, 4.69) is 103 Å². The van der Waals surface area contributed by atoms with Crippen LogP contribution < -0.4 is 0 Å². The number of thiophene rings is 1. The highest BCUT2D eigenvalue weighted by molar-refractivity contribution is 7.27. The predicted molar refractivity (Wildman–Crippen MR) is 217 cm³/mol. The quantitative estimate of drug-likeness (QED) is 0.185. The molecule has 0 bridgehead atoms. The third kappa shape index (κ3) is 4.43. The van der Waals surface area contributed by atoms with Crippen molar-refractivity contribution in [2.75, 3.05) is 0 Å². The van der Waals surface area contributed by atoms with E-state index in [1.807, 2.05) is 72.0 Å². The Hall–Kier alpha value is -6.69. The van der Waals surface area contributed by atoms with Crippen LogP contribution in [-0.2, 0) is 0 Å². The van der Waals surface area contributed by atoms with Gasteiger partial charge < -0.3 is 4.42 Å². The van der Waals surface area contributed by atoms with Crippen LogP contribution in [0.15, 0.2) is 168 Å². The molecule has 3 heterocycles. The molecule has 52 heavy (non-hydrogen) atoms. The molecule has 0 unspecified atom stereocenters. The summed E-state index contributed by atoms with van der Waals surface area (Å²) < 4.78 is 8.88. The highest BCUT2D eigenvalue weighted by atomic mass is 32.1. The summed E-state index contributed by atoms with van der Waals surface area (Å²) in [6.07, 6.45) is 0. The molecule has 0 aliphatic heterocycles. The fourth-order valence-corrected chi connectivity index (χ4v) is 9.14. The first kappa shape index (κ1) is 29.1. The number of para-hydroxylation sites is 1. The Kier molecular flexibility index (Phi) is 6.39. The molecule has 0 saturated heterocycles. The molecule has 0 atom stereocenters. The van der Waals surface area contributed by atoms with Gasteiger partial charge in [0.15, 0.2) is 17.5 Å². The molecule has 0 aliphatic rings. The van der Waals surface area contributed by atoms with Gasteiger partial charge >= 0.3 is 0 Å². The second-order valence-corrected chi connectivity index (χ2v) is 14.1. The summed E-state index contributed by atoms with van der Waals surface area (Å²) in [5, 5.41) is 9.42. The Balaban J connectivity index is 1.15. The van der Waals surface area contributed by atoms with Crippen molar-refractivity contribution in [2.24, 2.45) is 0 Å². The fourth-order valence-electron chi connectivity index (χ4n) is 7.77. The topological polar surface area (TPSA) is 51.8 Å². The number of furan rings is 1. The number of aromatic nitrogens is 3. The summed E-state index contributed by atoms with van der Waals surface area (Å²) in [5.41, 5.74) is 6.86. The predicted octanol–water partition coefficient (Wildman–Crippen LogP) is 13.1. The molecule has 8 aromatic carbocycles. The molecule has 0 N–H and O–H groups in total. The van der Waals surface area contributed by atoms with Crippen LogP contribution >= 0.6 is 11.3 Å². The molecule has 3 aromatic heterocycles. The smallest absolute Gasteiger partial charge is 0.164 e. The van der Waals surface area contributed by atoms with Crippen molar-refractivity contribution >= 4 is 75.0 Å². The van der Waals surface area contributed by atoms with Crippen LogP contribution in [-0.4, -0.2) is 15.0 Å². The first-order valence-corrected chi connectivity index (χ1v) is 18.2. The highest BCUT2D eigenvalue weighted by Gasteiger charge is 2.20. The van der Waals surface area contributed by atoms with E-state index in [0.29, 0.717) is 17.5 Å². The lowest BCUT2D eigenvalue weighted by Crippen LogP contribution is -2.01. The lowest BCUT2D eigenvalue weighted by molar-refractivity contribution is 0.669. The Morgan fingerprint density at radius 3 is 1.79 bits per heavy atom. The van der Waals surface area contributed by atoms with Crippen LogP contribution in [0.25, 0.3) is 109 Å². The van der Waals surface area contributed by atoms with Crippen LogP contribution in [0, 0.1) is 0 Å². The van der Waals surface area contributed by atoms with Crippen molar-refractivity contribution in [1.29, 1.82) is 0 Å². The average molecular weight is 682 g/mol. The van der Waals surface area contributed by atoms with Crippen LogP contribution in [0.2, 0.25) is 0 Å². The molecule has 11 aromatic rings. The maximum absolute atomic E-state index is 6.26. The number of nitrogens with zero attached hydrogens (tertiary/aromatic N) is 3. The largest absolute Gasteiger partial charge is 0.456 e. The Morgan fingerprint density at radius 2 is 0.923 bits per heavy atom. The van der Waals surface area contributed by atoms with Gasteiger partial charge in [-0.2, -0.15) is 0 Å². The Morgan fingerprint density at radius 1 is 0.346 bits per heavy atom. The van der Waals surface area contributed by atoms with E-state index in [9.17, 15) is 0 Å². The van der Waals surface area contributed by atoms with E-state index >= 15 is 0 Å². The maximum Gasteiger partial charge on any atom is 0.164 e. The van der Waals surface area contributed by atoms with Gasteiger partial charge in [0.1, 0.15) is 11.2 Å². The average Bonchev–Trinajstić information content (AvgIpc) is 3.80. The van der Waals surface area contributed by atoms with Gasteiger partial charge in [-0.15, -0.1) is 11.3 Å². The van der Waals surface area contributed by atoms with Gasteiger partial charge in [-0.3, -0.25) is 0 Å². The zero-order valence-electron chi connectivity index (χ0n) is 27.7. The molecule has 0 radical (unpaired) electrons. The summed E-state index contributed by atoms with van der Waals surface area (Å²) in [7, 11) is 0. The molecule has 5 heteroatoms. The van der Waals surface area contributed by atoms with Crippen LogP contribution in [0.1, 0.15) is 0 Å². The highest BCUT2D eigenvalue weighted by Crippen LogP contribution is 2.45. The van der Waals surface area contributed by atoms with Crippen molar-refractivity contribution < 1.29 is 4.42 Å². The van der Waals surface area contributed by atoms with Crippen LogP contribution in [0.3, 0.4) is 0 Å². The first-order chi connectivity index (χ1) is 25.8. The lowest BCUT2D eigenvalue weighted by Gasteiger charge is -2.13. The van der Waals surface area contributed by atoms with Gasteiger partial charge in [0.05, 0.1) is 0 Å². The van der Waals surface area contributed by atoms with Gasteiger partial charge in [-0.05, 0) is 39.2 Å². The second kappa shape index (κ2) is 11.4. The minimum Gasteiger partial charge on any atom is -0.456 e. The van der Waals surface area contributed by atoms with Crippen molar-refractivity contribution in [2.45, 2.75) is 0 Å². The summed E-state index contributed by atoms with van der Waals surface area (Å²) >= 11 is 1.88. The van der Waals surface area contributed by atoms with Crippen molar-refractivity contribution in [3.8, 4) is 45.3 Å².